The van der Waals surface area contributed by atoms with Crippen LogP contribution in [0.2, 0.25) is 0 Å². The minimum absolute atomic E-state index is 0.0682. The molecule has 0 atom stereocenters. The number of hydrogen-bond acceptors (Lipinski definition) is 2. The molecule has 0 radical (unpaired) electrons. The molecule has 0 heterocycles. The Morgan fingerprint density at radius 2 is 1.56 bits per heavy atom. The van der Waals surface area contributed by atoms with Crippen molar-refractivity contribution in [1.29, 1.82) is 0 Å². The summed E-state index contributed by atoms with van der Waals surface area (Å²) in [5, 5.41) is 0. The van der Waals surface area contributed by atoms with Crippen LogP contribution in [0.15, 0.2) is 0 Å². The Labute approximate surface area is 87.0 Å². The monoisotopic (exact) mass is 253 g/mol. The first-order valence-electron chi connectivity index (χ1n) is 4.05. The summed E-state index contributed by atoms with van der Waals surface area (Å²) < 4.78 is 74.9. The van der Waals surface area contributed by atoms with Crippen molar-refractivity contribution in [3.63, 3.8) is 0 Å². The van der Waals surface area contributed by atoms with Gasteiger partial charge in [-0.1, -0.05) is 0 Å². The Bertz CT molecular complexity index is 234. The summed E-state index contributed by atoms with van der Waals surface area (Å²) in [5.74, 6) is 0. The summed E-state index contributed by atoms with van der Waals surface area (Å²) in [6.45, 7) is 1.30. The van der Waals surface area contributed by atoms with E-state index in [-0.39, 0.29) is 6.54 Å². The molecule has 0 saturated carbocycles. The van der Waals surface area contributed by atoms with Gasteiger partial charge in [0.05, 0.1) is 0 Å². The van der Waals surface area contributed by atoms with E-state index in [0.29, 0.717) is 4.90 Å². The van der Waals surface area contributed by atoms with Crippen molar-refractivity contribution < 1.29 is 35.9 Å². The van der Waals surface area contributed by atoms with Gasteiger partial charge in [0.2, 0.25) is 0 Å². The molecule has 16 heavy (non-hydrogen) atoms. The molecule has 0 rings (SSSR count). The fourth-order valence-corrected chi connectivity index (χ4v) is 0.639. The normalized spacial score (nSPS) is 12.8. The third-order valence-corrected chi connectivity index (χ3v) is 1.60. The van der Waals surface area contributed by atoms with Gasteiger partial charge in [-0.15, -0.1) is 0 Å². The molecule has 0 bridgehead atoms. The number of rotatable bonds is 2. The summed E-state index contributed by atoms with van der Waals surface area (Å²) in [5.41, 5.74) is 0. The Balaban J connectivity index is 4.78. The minimum Gasteiger partial charge on any atom is -0.426 e. The molecule has 0 aliphatic carbocycles. The SMILES string of the molecule is CCN(C)C(=O)OC(C(F)(F)F)C(F)(F)F. The standard InChI is InChI=1S/C7H9F6NO2/c1-3-14(2)5(15)16-4(6(8,9)10)7(11,12)13/h4H,3H2,1-2H3. The maximum Gasteiger partial charge on any atom is 0.434 e. The highest BCUT2D eigenvalue weighted by Crippen LogP contribution is 2.35. The van der Waals surface area contributed by atoms with Gasteiger partial charge in [0.25, 0.3) is 6.10 Å². The zero-order chi connectivity index (χ0) is 13.1. The maximum atomic E-state index is 11.9. The number of alkyl halides is 6. The largest absolute Gasteiger partial charge is 0.434 e. The summed E-state index contributed by atoms with van der Waals surface area (Å²) in [6.07, 6.45) is -17.1. The van der Waals surface area contributed by atoms with Gasteiger partial charge in [-0.25, -0.2) is 4.79 Å². The Morgan fingerprint density at radius 1 is 1.19 bits per heavy atom. The van der Waals surface area contributed by atoms with Gasteiger partial charge in [-0.2, -0.15) is 26.3 Å². The van der Waals surface area contributed by atoms with Crippen molar-refractivity contribution in [2.45, 2.75) is 25.4 Å². The molecular formula is C7H9F6NO2. The number of halogens is 6. The third kappa shape index (κ3) is 4.15. The molecule has 0 unspecified atom stereocenters. The van der Waals surface area contributed by atoms with Crippen molar-refractivity contribution in [3.05, 3.63) is 0 Å². The molecule has 0 fully saturated rings. The first-order valence-corrected chi connectivity index (χ1v) is 4.05. The molecule has 0 N–H and O–H groups in total. The van der Waals surface area contributed by atoms with Crippen molar-refractivity contribution in [2.24, 2.45) is 0 Å². The zero-order valence-corrected chi connectivity index (χ0v) is 8.32. The van der Waals surface area contributed by atoms with E-state index in [1.807, 2.05) is 0 Å². The minimum atomic E-state index is -5.68. The van der Waals surface area contributed by atoms with Gasteiger partial charge < -0.3 is 9.64 Å². The lowest BCUT2D eigenvalue weighted by molar-refractivity contribution is -0.308. The summed E-state index contributed by atoms with van der Waals surface area (Å²) in [6, 6.07) is 0. The fraction of sp³-hybridized carbons (Fsp3) is 0.857. The van der Waals surface area contributed by atoms with Crippen LogP contribution >= 0.6 is 0 Å². The molecule has 3 nitrogen and oxygen atoms in total. The number of carbonyl (C=O) groups is 1. The van der Waals surface area contributed by atoms with Gasteiger partial charge in [0.15, 0.2) is 0 Å². The zero-order valence-electron chi connectivity index (χ0n) is 8.32. The molecule has 96 valence electrons. The fourth-order valence-electron chi connectivity index (χ4n) is 0.639. The Morgan fingerprint density at radius 3 is 1.81 bits per heavy atom. The Kier molecular flexibility index (Phi) is 4.45. The highest BCUT2D eigenvalue weighted by Gasteiger charge is 2.60. The Hall–Kier alpha value is -1.15. The van der Waals surface area contributed by atoms with Gasteiger partial charge in [-0.3, -0.25) is 0 Å². The highest BCUT2D eigenvalue weighted by molar-refractivity contribution is 5.67. The maximum absolute atomic E-state index is 11.9. The summed E-state index contributed by atoms with van der Waals surface area (Å²) in [7, 11) is 1.02. The van der Waals surface area contributed by atoms with Gasteiger partial charge >= 0.3 is 18.4 Å². The molecule has 1 amide bonds. The molecule has 0 aliphatic heterocycles. The summed E-state index contributed by atoms with van der Waals surface area (Å²) >= 11 is 0. The molecule has 0 aromatic heterocycles. The third-order valence-electron chi connectivity index (χ3n) is 1.60. The van der Waals surface area contributed by atoms with E-state index in [1.165, 1.54) is 6.92 Å². The molecule has 0 aliphatic rings. The quantitative estimate of drug-likeness (QED) is 0.708. The molecular weight excluding hydrogens is 244 g/mol. The first-order chi connectivity index (χ1) is 7.00. The van der Waals surface area contributed by atoms with Crippen LogP contribution in [0.5, 0.6) is 0 Å². The number of nitrogens with zero attached hydrogens (tertiary/aromatic N) is 1. The van der Waals surface area contributed by atoms with Crippen LogP contribution in [0.25, 0.3) is 0 Å². The molecule has 0 spiro atoms. The van der Waals surface area contributed by atoms with E-state index in [9.17, 15) is 31.1 Å². The molecule has 0 aromatic carbocycles. The van der Waals surface area contributed by atoms with Crippen molar-refractivity contribution >= 4 is 6.09 Å². The lowest BCUT2D eigenvalue weighted by atomic mass is 10.3. The first kappa shape index (κ1) is 14.8. The number of carbonyl (C=O) groups excluding carboxylic acids is 1. The van der Waals surface area contributed by atoms with Crippen LogP contribution in [0.1, 0.15) is 6.92 Å². The summed E-state index contributed by atoms with van der Waals surface area (Å²) in [4.78, 5) is 11.4. The van der Waals surface area contributed by atoms with Gasteiger partial charge in [0.1, 0.15) is 0 Å². The van der Waals surface area contributed by atoms with E-state index < -0.39 is 24.5 Å². The highest BCUT2D eigenvalue weighted by atomic mass is 19.4. The second-order valence-corrected chi connectivity index (χ2v) is 2.86. The average molecular weight is 253 g/mol. The number of ether oxygens (including phenoxy) is 1. The topological polar surface area (TPSA) is 29.5 Å². The van der Waals surface area contributed by atoms with E-state index in [2.05, 4.69) is 4.74 Å². The van der Waals surface area contributed by atoms with Crippen molar-refractivity contribution in [2.75, 3.05) is 13.6 Å². The van der Waals surface area contributed by atoms with E-state index in [4.69, 9.17) is 0 Å². The van der Waals surface area contributed by atoms with Gasteiger partial charge in [0, 0.05) is 13.6 Å². The average Bonchev–Trinajstić information content (AvgIpc) is 2.08. The van der Waals surface area contributed by atoms with Crippen LogP contribution in [0, 0.1) is 0 Å². The van der Waals surface area contributed by atoms with Crippen molar-refractivity contribution in [1.82, 2.24) is 4.90 Å². The number of hydrogen-bond donors (Lipinski definition) is 0. The molecule has 0 saturated heterocycles. The smallest absolute Gasteiger partial charge is 0.426 e. The second kappa shape index (κ2) is 4.79. The van der Waals surface area contributed by atoms with Crippen LogP contribution in [0.4, 0.5) is 31.1 Å². The molecule has 0 aromatic rings. The van der Waals surface area contributed by atoms with Crippen LogP contribution in [-0.2, 0) is 4.74 Å². The predicted octanol–water partition coefficient (Wildman–Crippen LogP) is 2.57. The van der Waals surface area contributed by atoms with E-state index in [0.717, 1.165) is 7.05 Å². The van der Waals surface area contributed by atoms with Gasteiger partial charge in [-0.05, 0) is 6.92 Å². The lowest BCUT2D eigenvalue weighted by Gasteiger charge is -2.25. The molecule has 9 heteroatoms. The predicted molar refractivity (Wildman–Crippen MR) is 40.7 cm³/mol. The van der Waals surface area contributed by atoms with Crippen LogP contribution in [-0.4, -0.2) is 43.0 Å². The van der Waals surface area contributed by atoms with Crippen LogP contribution < -0.4 is 0 Å². The van der Waals surface area contributed by atoms with Crippen LogP contribution in [0.3, 0.4) is 0 Å². The number of amides is 1. The second-order valence-electron chi connectivity index (χ2n) is 2.86. The lowest BCUT2D eigenvalue weighted by Crippen LogP contribution is -2.47. The van der Waals surface area contributed by atoms with E-state index in [1.54, 1.807) is 0 Å². The van der Waals surface area contributed by atoms with E-state index >= 15 is 0 Å². The van der Waals surface area contributed by atoms with Crippen molar-refractivity contribution in [3.8, 4) is 0 Å².